The quantitative estimate of drug-likeness (QED) is 0.750. The Balaban J connectivity index is 1.81. The van der Waals surface area contributed by atoms with E-state index in [-0.39, 0.29) is 6.10 Å². The van der Waals surface area contributed by atoms with Crippen molar-refractivity contribution in [2.45, 2.75) is 84.7 Å². The minimum Gasteiger partial charge on any atom is -0.393 e. The summed E-state index contributed by atoms with van der Waals surface area (Å²) in [6.45, 7) is 7.11. The van der Waals surface area contributed by atoms with Gasteiger partial charge in [-0.15, -0.1) is 0 Å². The Morgan fingerprint density at radius 3 is 1.78 bits per heavy atom. The maximum atomic E-state index is 10.6. The second-order valence-corrected chi connectivity index (χ2v) is 7.87. The molecule has 0 aromatic rings. The van der Waals surface area contributed by atoms with Crippen molar-refractivity contribution in [3.8, 4) is 0 Å². The van der Waals surface area contributed by atoms with Crippen LogP contribution in [0.1, 0.15) is 78.6 Å². The van der Waals surface area contributed by atoms with Crippen LogP contribution in [0.15, 0.2) is 0 Å². The molecule has 1 unspecified atom stereocenters. The summed E-state index contributed by atoms with van der Waals surface area (Å²) >= 11 is 0. The van der Waals surface area contributed by atoms with E-state index in [4.69, 9.17) is 0 Å². The van der Waals surface area contributed by atoms with E-state index in [1.54, 1.807) is 0 Å². The van der Waals surface area contributed by atoms with Crippen molar-refractivity contribution in [3.05, 3.63) is 0 Å². The second-order valence-electron chi connectivity index (χ2n) is 7.87. The molecular formula is C17H32O. The van der Waals surface area contributed by atoms with Gasteiger partial charge in [0.25, 0.3) is 0 Å². The van der Waals surface area contributed by atoms with Crippen LogP contribution < -0.4 is 0 Å². The molecule has 0 amide bonds. The van der Waals surface area contributed by atoms with E-state index in [1.165, 1.54) is 57.8 Å². The van der Waals surface area contributed by atoms with E-state index >= 15 is 0 Å². The molecule has 1 N–H and O–H groups in total. The zero-order valence-electron chi connectivity index (χ0n) is 12.6. The van der Waals surface area contributed by atoms with Crippen LogP contribution in [-0.2, 0) is 0 Å². The Morgan fingerprint density at radius 1 is 0.778 bits per heavy atom. The van der Waals surface area contributed by atoms with E-state index in [2.05, 4.69) is 20.8 Å². The average molecular weight is 252 g/mol. The van der Waals surface area contributed by atoms with Crippen LogP contribution in [0.4, 0.5) is 0 Å². The van der Waals surface area contributed by atoms with Crippen LogP contribution >= 0.6 is 0 Å². The fourth-order valence-corrected chi connectivity index (χ4v) is 4.19. The van der Waals surface area contributed by atoms with Gasteiger partial charge in [-0.3, -0.25) is 0 Å². The zero-order chi connectivity index (χ0) is 13.2. The van der Waals surface area contributed by atoms with Crippen molar-refractivity contribution < 1.29 is 5.11 Å². The summed E-state index contributed by atoms with van der Waals surface area (Å²) in [5, 5.41) is 10.6. The number of hydrogen-bond donors (Lipinski definition) is 1. The Kier molecular flexibility index (Phi) is 4.75. The minimum absolute atomic E-state index is 0.00576. The third-order valence-corrected chi connectivity index (χ3v) is 5.61. The molecule has 2 rings (SSSR count). The molecule has 0 aromatic carbocycles. The van der Waals surface area contributed by atoms with Crippen molar-refractivity contribution in [2.24, 2.45) is 23.2 Å². The molecule has 0 radical (unpaired) electrons. The molecule has 1 heteroatoms. The topological polar surface area (TPSA) is 20.2 Å². The molecule has 106 valence electrons. The van der Waals surface area contributed by atoms with Crippen LogP contribution in [0.5, 0.6) is 0 Å². The van der Waals surface area contributed by atoms with E-state index in [9.17, 15) is 5.11 Å². The summed E-state index contributed by atoms with van der Waals surface area (Å²) in [4.78, 5) is 0. The van der Waals surface area contributed by atoms with Gasteiger partial charge >= 0.3 is 0 Å². The highest BCUT2D eigenvalue weighted by molar-refractivity contribution is 4.86. The highest BCUT2D eigenvalue weighted by Gasteiger charge is 2.35. The summed E-state index contributed by atoms with van der Waals surface area (Å²) in [6, 6.07) is 0. The lowest BCUT2D eigenvalue weighted by atomic mass is 9.67. The molecule has 0 saturated heterocycles. The van der Waals surface area contributed by atoms with Crippen molar-refractivity contribution in [2.75, 3.05) is 0 Å². The van der Waals surface area contributed by atoms with Crippen LogP contribution in [0, 0.1) is 23.2 Å². The van der Waals surface area contributed by atoms with Gasteiger partial charge in [-0.1, -0.05) is 40.0 Å². The van der Waals surface area contributed by atoms with Gasteiger partial charge in [0.2, 0.25) is 0 Å². The lowest BCUT2D eigenvalue weighted by molar-refractivity contribution is 0.00272. The van der Waals surface area contributed by atoms with Gasteiger partial charge in [-0.2, -0.15) is 0 Å². The summed E-state index contributed by atoms with van der Waals surface area (Å²) < 4.78 is 0. The highest BCUT2D eigenvalue weighted by atomic mass is 16.3. The molecule has 0 heterocycles. The first-order valence-corrected chi connectivity index (χ1v) is 8.16. The van der Waals surface area contributed by atoms with Crippen LogP contribution in [0.3, 0.4) is 0 Å². The van der Waals surface area contributed by atoms with E-state index in [0.29, 0.717) is 17.3 Å². The molecule has 0 aliphatic heterocycles. The monoisotopic (exact) mass is 252 g/mol. The van der Waals surface area contributed by atoms with Gasteiger partial charge < -0.3 is 5.11 Å². The molecule has 2 aliphatic rings. The van der Waals surface area contributed by atoms with Crippen LogP contribution in [-0.4, -0.2) is 11.2 Å². The molecule has 1 nitrogen and oxygen atoms in total. The normalized spacial score (nSPS) is 33.3. The first-order valence-electron chi connectivity index (χ1n) is 8.16. The van der Waals surface area contributed by atoms with Crippen molar-refractivity contribution in [1.82, 2.24) is 0 Å². The predicted octanol–water partition coefficient (Wildman–Crippen LogP) is 4.78. The Morgan fingerprint density at radius 2 is 1.28 bits per heavy atom. The molecular weight excluding hydrogens is 220 g/mol. The van der Waals surface area contributed by atoms with Gasteiger partial charge in [0.05, 0.1) is 6.10 Å². The Hall–Kier alpha value is -0.0400. The van der Waals surface area contributed by atoms with Crippen molar-refractivity contribution in [1.29, 1.82) is 0 Å². The van der Waals surface area contributed by atoms with E-state index in [0.717, 1.165) is 5.92 Å². The molecule has 2 saturated carbocycles. The fourth-order valence-electron chi connectivity index (χ4n) is 4.19. The summed E-state index contributed by atoms with van der Waals surface area (Å²) in [7, 11) is 0. The molecule has 2 aliphatic carbocycles. The van der Waals surface area contributed by atoms with Crippen LogP contribution in [0.2, 0.25) is 0 Å². The van der Waals surface area contributed by atoms with E-state index < -0.39 is 0 Å². The fraction of sp³-hybridized carbons (Fsp3) is 1.00. The first-order chi connectivity index (χ1) is 8.48. The molecule has 0 bridgehead atoms. The van der Waals surface area contributed by atoms with Crippen molar-refractivity contribution in [3.63, 3.8) is 0 Å². The van der Waals surface area contributed by atoms with E-state index in [1.807, 2.05) is 0 Å². The summed E-state index contributed by atoms with van der Waals surface area (Å²) in [5.74, 6) is 2.09. The lowest BCUT2D eigenvalue weighted by Crippen LogP contribution is -2.35. The molecule has 0 aromatic heterocycles. The Bertz CT molecular complexity index is 239. The molecule has 1 atom stereocenters. The number of hydrogen-bond acceptors (Lipinski definition) is 1. The third-order valence-electron chi connectivity index (χ3n) is 5.61. The number of aliphatic hydroxyl groups is 1. The Labute approximate surface area is 113 Å². The SMILES string of the molecule is CC(C)(C)C1CCC(C(O)C2CCCCC2)CC1. The smallest absolute Gasteiger partial charge is 0.0596 e. The largest absolute Gasteiger partial charge is 0.393 e. The van der Waals surface area contributed by atoms with Gasteiger partial charge in [0.1, 0.15) is 0 Å². The predicted molar refractivity (Wildman–Crippen MR) is 77.5 cm³/mol. The standard InChI is InChI=1S/C17H32O/c1-17(2,3)15-11-9-14(10-12-15)16(18)13-7-5-4-6-8-13/h13-16,18H,4-12H2,1-3H3. The van der Waals surface area contributed by atoms with Crippen LogP contribution in [0.25, 0.3) is 0 Å². The average Bonchev–Trinajstić information content (AvgIpc) is 2.38. The number of aliphatic hydroxyl groups excluding tert-OH is 1. The molecule has 18 heavy (non-hydrogen) atoms. The van der Waals surface area contributed by atoms with Gasteiger partial charge in [-0.05, 0) is 61.7 Å². The third kappa shape index (κ3) is 3.50. The van der Waals surface area contributed by atoms with Gasteiger partial charge in [-0.25, -0.2) is 0 Å². The van der Waals surface area contributed by atoms with Gasteiger partial charge in [0, 0.05) is 0 Å². The highest BCUT2D eigenvalue weighted by Crippen LogP contribution is 2.42. The zero-order valence-corrected chi connectivity index (χ0v) is 12.6. The van der Waals surface area contributed by atoms with Crippen molar-refractivity contribution >= 4 is 0 Å². The molecule has 0 spiro atoms. The minimum atomic E-state index is 0.00576. The maximum absolute atomic E-state index is 10.6. The first kappa shape index (κ1) is 14.4. The summed E-state index contributed by atoms with van der Waals surface area (Å²) in [5.41, 5.74) is 0.459. The van der Waals surface area contributed by atoms with Gasteiger partial charge in [0.15, 0.2) is 0 Å². The number of rotatable bonds is 2. The lowest BCUT2D eigenvalue weighted by Gasteiger charge is -2.40. The summed E-state index contributed by atoms with van der Waals surface area (Å²) in [6.07, 6.45) is 11.8. The molecule has 2 fully saturated rings. The second kappa shape index (κ2) is 5.94. The maximum Gasteiger partial charge on any atom is 0.0596 e.